The average molecular weight is 272 g/mol. The Labute approximate surface area is 120 Å². The van der Waals surface area contributed by atoms with E-state index in [0.717, 1.165) is 31.7 Å². The zero-order valence-electron chi connectivity index (χ0n) is 12.6. The van der Waals surface area contributed by atoms with E-state index in [-0.39, 0.29) is 0 Å². The second-order valence-corrected chi connectivity index (χ2v) is 5.96. The first kappa shape index (κ1) is 13.6. The van der Waals surface area contributed by atoms with E-state index in [2.05, 4.69) is 58.7 Å². The Balaban J connectivity index is 1.88. The summed E-state index contributed by atoms with van der Waals surface area (Å²) in [5.74, 6) is 0. The van der Waals surface area contributed by atoms with Crippen LogP contribution in [-0.4, -0.2) is 40.6 Å². The monoisotopic (exact) mass is 272 g/mol. The van der Waals surface area contributed by atoms with Crippen molar-refractivity contribution in [2.24, 2.45) is 0 Å². The van der Waals surface area contributed by atoms with Crippen molar-refractivity contribution in [3.63, 3.8) is 0 Å². The van der Waals surface area contributed by atoms with Crippen LogP contribution in [0.5, 0.6) is 0 Å². The SMILES string of the molecule is CC(c1ccc2c(c1)ncn2C(C)C)N1CCNCC1. The number of rotatable bonds is 3. The molecule has 0 spiro atoms. The van der Waals surface area contributed by atoms with Crippen LogP contribution >= 0.6 is 0 Å². The third-order valence-electron chi connectivity index (χ3n) is 4.34. The fourth-order valence-corrected chi connectivity index (χ4v) is 3.00. The number of nitrogens with zero attached hydrogens (tertiary/aromatic N) is 3. The Morgan fingerprint density at radius 3 is 2.60 bits per heavy atom. The zero-order valence-corrected chi connectivity index (χ0v) is 12.6. The van der Waals surface area contributed by atoms with Crippen LogP contribution in [0.1, 0.15) is 38.4 Å². The molecule has 2 heterocycles. The molecule has 108 valence electrons. The number of imidazole rings is 1. The molecule has 0 saturated carbocycles. The summed E-state index contributed by atoms with van der Waals surface area (Å²) in [5, 5.41) is 3.41. The first-order valence-electron chi connectivity index (χ1n) is 7.58. The van der Waals surface area contributed by atoms with Gasteiger partial charge in [0.2, 0.25) is 0 Å². The topological polar surface area (TPSA) is 33.1 Å². The highest BCUT2D eigenvalue weighted by atomic mass is 15.2. The predicted molar refractivity (Wildman–Crippen MR) is 83.0 cm³/mol. The van der Waals surface area contributed by atoms with Crippen LogP contribution in [0.3, 0.4) is 0 Å². The highest BCUT2D eigenvalue weighted by molar-refractivity contribution is 5.76. The molecule has 2 aromatic rings. The summed E-state index contributed by atoms with van der Waals surface area (Å²) in [6.45, 7) is 11.1. The summed E-state index contributed by atoms with van der Waals surface area (Å²) in [4.78, 5) is 7.10. The molecule has 1 atom stereocenters. The second kappa shape index (κ2) is 5.54. The number of aromatic nitrogens is 2. The average Bonchev–Trinajstić information content (AvgIpc) is 2.90. The first-order valence-corrected chi connectivity index (χ1v) is 7.58. The molecule has 1 aromatic heterocycles. The Bertz CT molecular complexity index is 581. The minimum atomic E-state index is 0.455. The molecule has 1 N–H and O–H groups in total. The number of hydrogen-bond acceptors (Lipinski definition) is 3. The molecule has 1 saturated heterocycles. The van der Waals surface area contributed by atoms with Gasteiger partial charge in [0, 0.05) is 38.3 Å². The lowest BCUT2D eigenvalue weighted by Gasteiger charge is -2.33. The van der Waals surface area contributed by atoms with Crippen molar-refractivity contribution >= 4 is 11.0 Å². The van der Waals surface area contributed by atoms with Crippen LogP contribution in [0.15, 0.2) is 24.5 Å². The van der Waals surface area contributed by atoms with E-state index >= 15 is 0 Å². The van der Waals surface area contributed by atoms with Crippen molar-refractivity contribution in [2.45, 2.75) is 32.9 Å². The normalized spacial score (nSPS) is 18.8. The molecule has 1 unspecified atom stereocenters. The molecule has 4 nitrogen and oxygen atoms in total. The van der Waals surface area contributed by atoms with E-state index in [9.17, 15) is 0 Å². The summed E-state index contributed by atoms with van der Waals surface area (Å²) in [6, 6.07) is 7.65. The third kappa shape index (κ3) is 2.45. The quantitative estimate of drug-likeness (QED) is 0.932. The zero-order chi connectivity index (χ0) is 14.1. The van der Waals surface area contributed by atoms with Crippen molar-refractivity contribution < 1.29 is 0 Å². The highest BCUT2D eigenvalue weighted by Crippen LogP contribution is 2.25. The number of hydrogen-bond donors (Lipinski definition) is 1. The molecule has 4 heteroatoms. The van der Waals surface area contributed by atoms with E-state index in [0.29, 0.717) is 12.1 Å². The van der Waals surface area contributed by atoms with Gasteiger partial charge in [-0.05, 0) is 38.5 Å². The lowest BCUT2D eigenvalue weighted by atomic mass is 10.1. The number of nitrogens with one attached hydrogen (secondary N) is 1. The summed E-state index contributed by atoms with van der Waals surface area (Å²) in [6.07, 6.45) is 1.95. The van der Waals surface area contributed by atoms with Gasteiger partial charge in [0.1, 0.15) is 0 Å². The molecule has 1 fully saturated rings. The van der Waals surface area contributed by atoms with Crippen molar-refractivity contribution in [1.82, 2.24) is 19.8 Å². The largest absolute Gasteiger partial charge is 0.328 e. The van der Waals surface area contributed by atoms with Crippen LogP contribution in [0.2, 0.25) is 0 Å². The fourth-order valence-electron chi connectivity index (χ4n) is 3.00. The van der Waals surface area contributed by atoms with E-state index in [1.807, 2.05) is 6.33 Å². The fraction of sp³-hybridized carbons (Fsp3) is 0.562. The van der Waals surface area contributed by atoms with Gasteiger partial charge in [-0.2, -0.15) is 0 Å². The molecule has 3 rings (SSSR count). The van der Waals surface area contributed by atoms with Gasteiger partial charge in [-0.1, -0.05) is 6.07 Å². The van der Waals surface area contributed by atoms with E-state index in [1.54, 1.807) is 0 Å². The molecule has 20 heavy (non-hydrogen) atoms. The molecular formula is C16H24N4. The summed E-state index contributed by atoms with van der Waals surface area (Å²) in [7, 11) is 0. The van der Waals surface area contributed by atoms with Crippen LogP contribution in [0.25, 0.3) is 11.0 Å². The minimum Gasteiger partial charge on any atom is -0.328 e. The van der Waals surface area contributed by atoms with E-state index < -0.39 is 0 Å². The van der Waals surface area contributed by atoms with Crippen molar-refractivity contribution in [3.8, 4) is 0 Å². The smallest absolute Gasteiger partial charge is 0.0960 e. The van der Waals surface area contributed by atoms with Gasteiger partial charge >= 0.3 is 0 Å². The van der Waals surface area contributed by atoms with Gasteiger partial charge in [-0.15, -0.1) is 0 Å². The van der Waals surface area contributed by atoms with Crippen LogP contribution < -0.4 is 5.32 Å². The van der Waals surface area contributed by atoms with E-state index in [4.69, 9.17) is 0 Å². The highest BCUT2D eigenvalue weighted by Gasteiger charge is 2.18. The third-order valence-corrected chi connectivity index (χ3v) is 4.34. The minimum absolute atomic E-state index is 0.455. The van der Waals surface area contributed by atoms with Crippen LogP contribution in [-0.2, 0) is 0 Å². The number of piperazine rings is 1. The molecule has 1 aliphatic heterocycles. The van der Waals surface area contributed by atoms with Crippen molar-refractivity contribution in [1.29, 1.82) is 0 Å². The van der Waals surface area contributed by atoms with Crippen LogP contribution in [0.4, 0.5) is 0 Å². The second-order valence-electron chi connectivity index (χ2n) is 5.96. The molecule has 1 aromatic carbocycles. The summed E-state index contributed by atoms with van der Waals surface area (Å²) >= 11 is 0. The molecule has 0 aliphatic carbocycles. The predicted octanol–water partition coefficient (Wildman–Crippen LogP) is 2.58. The Morgan fingerprint density at radius 2 is 1.90 bits per heavy atom. The van der Waals surface area contributed by atoms with E-state index in [1.165, 1.54) is 11.1 Å². The molecule has 0 bridgehead atoms. The summed E-state index contributed by atoms with van der Waals surface area (Å²) < 4.78 is 2.23. The Kier molecular flexibility index (Phi) is 3.76. The van der Waals surface area contributed by atoms with Gasteiger partial charge in [-0.3, -0.25) is 4.90 Å². The molecular weight excluding hydrogens is 248 g/mol. The Morgan fingerprint density at radius 1 is 1.15 bits per heavy atom. The van der Waals surface area contributed by atoms with Crippen molar-refractivity contribution in [2.75, 3.05) is 26.2 Å². The maximum absolute atomic E-state index is 4.56. The first-order chi connectivity index (χ1) is 9.66. The number of benzene rings is 1. The lowest BCUT2D eigenvalue weighted by Crippen LogP contribution is -2.44. The van der Waals surface area contributed by atoms with Gasteiger partial charge < -0.3 is 9.88 Å². The summed E-state index contributed by atoms with van der Waals surface area (Å²) in [5.41, 5.74) is 3.71. The van der Waals surface area contributed by atoms with Gasteiger partial charge in [0.05, 0.1) is 17.4 Å². The maximum Gasteiger partial charge on any atom is 0.0960 e. The van der Waals surface area contributed by atoms with Gasteiger partial charge in [-0.25, -0.2) is 4.98 Å². The van der Waals surface area contributed by atoms with Crippen LogP contribution in [0, 0.1) is 0 Å². The van der Waals surface area contributed by atoms with Crippen molar-refractivity contribution in [3.05, 3.63) is 30.1 Å². The van der Waals surface area contributed by atoms with Gasteiger partial charge in [0.15, 0.2) is 0 Å². The lowest BCUT2D eigenvalue weighted by molar-refractivity contribution is 0.185. The maximum atomic E-state index is 4.56. The standard InChI is InChI=1S/C16H24N4/c1-12(2)20-11-18-15-10-14(4-5-16(15)20)13(3)19-8-6-17-7-9-19/h4-5,10-13,17H,6-9H2,1-3H3. The molecule has 0 amide bonds. The molecule has 0 radical (unpaired) electrons. The van der Waals surface area contributed by atoms with Gasteiger partial charge in [0.25, 0.3) is 0 Å². The molecule has 1 aliphatic rings. The number of fused-ring (bicyclic) bond motifs is 1. The Hall–Kier alpha value is -1.39.